The lowest BCUT2D eigenvalue weighted by molar-refractivity contribution is 0.458. The maximum absolute atomic E-state index is 10.0. The summed E-state index contributed by atoms with van der Waals surface area (Å²) < 4.78 is 0. The molecule has 0 spiro atoms. The summed E-state index contributed by atoms with van der Waals surface area (Å²) in [5.41, 5.74) is 9.45. The molecule has 2 rings (SSSR count). The van der Waals surface area contributed by atoms with Crippen LogP contribution in [0.4, 0.5) is 0 Å². The molecule has 16 heavy (non-hydrogen) atoms. The zero-order valence-electron chi connectivity index (χ0n) is 10.4. The summed E-state index contributed by atoms with van der Waals surface area (Å²) in [6.45, 7) is 7.07. The SMILES string of the molecule is Cc1cc(O)c(C2(CN)CC2)cc1C(C)C. The number of phenolic OH excluding ortho intramolecular Hbond substituents is 1. The minimum Gasteiger partial charge on any atom is -0.508 e. The van der Waals surface area contributed by atoms with Gasteiger partial charge >= 0.3 is 0 Å². The topological polar surface area (TPSA) is 46.2 Å². The van der Waals surface area contributed by atoms with E-state index in [0.717, 1.165) is 18.4 Å². The van der Waals surface area contributed by atoms with Gasteiger partial charge in [-0.25, -0.2) is 0 Å². The summed E-state index contributed by atoms with van der Waals surface area (Å²) in [5, 5.41) is 10.0. The number of nitrogens with two attached hydrogens (primary N) is 1. The van der Waals surface area contributed by atoms with Gasteiger partial charge in [-0.05, 0) is 42.9 Å². The van der Waals surface area contributed by atoms with Crippen molar-refractivity contribution in [2.45, 2.75) is 44.9 Å². The molecule has 0 bridgehead atoms. The van der Waals surface area contributed by atoms with Gasteiger partial charge in [0, 0.05) is 17.5 Å². The molecule has 0 radical (unpaired) electrons. The van der Waals surface area contributed by atoms with Gasteiger partial charge < -0.3 is 10.8 Å². The van der Waals surface area contributed by atoms with Crippen LogP contribution in [0.15, 0.2) is 12.1 Å². The minimum absolute atomic E-state index is 0.0709. The average molecular weight is 219 g/mol. The first-order chi connectivity index (χ1) is 7.50. The van der Waals surface area contributed by atoms with E-state index in [1.807, 2.05) is 6.07 Å². The molecule has 0 atom stereocenters. The lowest BCUT2D eigenvalue weighted by Crippen LogP contribution is -2.20. The number of benzene rings is 1. The van der Waals surface area contributed by atoms with Gasteiger partial charge in [0.05, 0.1) is 0 Å². The maximum Gasteiger partial charge on any atom is 0.119 e. The van der Waals surface area contributed by atoms with Crippen LogP contribution in [0.5, 0.6) is 5.75 Å². The third-order valence-electron chi connectivity index (χ3n) is 3.82. The fraction of sp³-hybridized carbons (Fsp3) is 0.571. The number of phenols is 1. The van der Waals surface area contributed by atoms with E-state index in [2.05, 4.69) is 26.8 Å². The van der Waals surface area contributed by atoms with Crippen LogP contribution in [0.3, 0.4) is 0 Å². The van der Waals surface area contributed by atoms with Crippen molar-refractivity contribution in [2.75, 3.05) is 6.54 Å². The van der Waals surface area contributed by atoms with Crippen molar-refractivity contribution in [1.29, 1.82) is 0 Å². The highest BCUT2D eigenvalue weighted by Crippen LogP contribution is 2.51. The first-order valence-electron chi connectivity index (χ1n) is 6.04. The Morgan fingerprint density at radius 1 is 1.38 bits per heavy atom. The molecule has 1 aliphatic carbocycles. The van der Waals surface area contributed by atoms with Gasteiger partial charge in [-0.3, -0.25) is 0 Å². The zero-order valence-corrected chi connectivity index (χ0v) is 10.4. The van der Waals surface area contributed by atoms with E-state index in [1.165, 1.54) is 11.1 Å². The van der Waals surface area contributed by atoms with E-state index in [9.17, 15) is 5.11 Å². The highest BCUT2D eigenvalue weighted by molar-refractivity contribution is 5.49. The number of hydrogen-bond acceptors (Lipinski definition) is 2. The Balaban J connectivity index is 2.50. The first kappa shape index (κ1) is 11.5. The molecular weight excluding hydrogens is 198 g/mol. The van der Waals surface area contributed by atoms with Gasteiger partial charge in [-0.1, -0.05) is 19.9 Å². The molecule has 1 saturated carbocycles. The lowest BCUT2D eigenvalue weighted by Gasteiger charge is -2.19. The second kappa shape index (κ2) is 3.77. The van der Waals surface area contributed by atoms with Crippen molar-refractivity contribution in [1.82, 2.24) is 0 Å². The predicted molar refractivity (Wildman–Crippen MR) is 66.9 cm³/mol. The van der Waals surface area contributed by atoms with Gasteiger partial charge in [0.15, 0.2) is 0 Å². The van der Waals surface area contributed by atoms with Crippen molar-refractivity contribution >= 4 is 0 Å². The van der Waals surface area contributed by atoms with E-state index in [1.54, 1.807) is 0 Å². The average Bonchev–Trinajstić information content (AvgIpc) is 2.98. The Bertz CT molecular complexity index is 405. The molecule has 1 aliphatic rings. The molecule has 2 nitrogen and oxygen atoms in total. The molecule has 88 valence electrons. The van der Waals surface area contributed by atoms with Crippen LogP contribution >= 0.6 is 0 Å². The van der Waals surface area contributed by atoms with E-state index in [-0.39, 0.29) is 5.41 Å². The van der Waals surface area contributed by atoms with Gasteiger partial charge in [-0.15, -0.1) is 0 Å². The Morgan fingerprint density at radius 2 is 2.00 bits per heavy atom. The quantitative estimate of drug-likeness (QED) is 0.821. The highest BCUT2D eigenvalue weighted by atomic mass is 16.3. The first-order valence-corrected chi connectivity index (χ1v) is 6.04. The second-order valence-corrected chi connectivity index (χ2v) is 5.37. The molecule has 1 aromatic carbocycles. The standard InChI is InChI=1S/C14H21NO/c1-9(2)11-7-12(13(16)6-10(11)3)14(8-15)4-5-14/h6-7,9,16H,4-5,8,15H2,1-3H3. The van der Waals surface area contributed by atoms with Gasteiger partial charge in [0.1, 0.15) is 5.75 Å². The van der Waals surface area contributed by atoms with Gasteiger partial charge in [0.25, 0.3) is 0 Å². The number of aryl methyl sites for hydroxylation is 1. The van der Waals surface area contributed by atoms with Gasteiger partial charge in [-0.2, -0.15) is 0 Å². The summed E-state index contributed by atoms with van der Waals surface area (Å²) >= 11 is 0. The van der Waals surface area contributed by atoms with E-state index < -0.39 is 0 Å². The van der Waals surface area contributed by atoms with Crippen LogP contribution in [0.25, 0.3) is 0 Å². The largest absolute Gasteiger partial charge is 0.508 e. The maximum atomic E-state index is 10.0. The van der Waals surface area contributed by atoms with Crippen LogP contribution in [0.2, 0.25) is 0 Å². The van der Waals surface area contributed by atoms with Crippen molar-refractivity contribution in [3.8, 4) is 5.75 Å². The zero-order chi connectivity index (χ0) is 11.9. The van der Waals surface area contributed by atoms with Crippen molar-refractivity contribution in [3.05, 3.63) is 28.8 Å². The van der Waals surface area contributed by atoms with Crippen LogP contribution in [-0.2, 0) is 5.41 Å². The van der Waals surface area contributed by atoms with Crippen LogP contribution in [0, 0.1) is 6.92 Å². The van der Waals surface area contributed by atoms with E-state index >= 15 is 0 Å². The molecule has 2 heteroatoms. The monoisotopic (exact) mass is 219 g/mol. The summed E-state index contributed by atoms with van der Waals surface area (Å²) in [6.07, 6.45) is 2.22. The number of hydrogen-bond donors (Lipinski definition) is 2. The molecule has 0 amide bonds. The molecule has 0 saturated heterocycles. The normalized spacial score (nSPS) is 17.8. The van der Waals surface area contributed by atoms with Crippen LogP contribution in [0.1, 0.15) is 49.3 Å². The van der Waals surface area contributed by atoms with Crippen molar-refractivity contribution in [3.63, 3.8) is 0 Å². The minimum atomic E-state index is 0.0709. The van der Waals surface area contributed by atoms with Crippen molar-refractivity contribution < 1.29 is 5.11 Å². The Labute approximate surface area is 97.5 Å². The molecule has 0 aliphatic heterocycles. The highest BCUT2D eigenvalue weighted by Gasteiger charge is 2.44. The van der Waals surface area contributed by atoms with E-state index in [4.69, 9.17) is 5.73 Å². The Morgan fingerprint density at radius 3 is 2.44 bits per heavy atom. The Hall–Kier alpha value is -1.02. The summed E-state index contributed by atoms with van der Waals surface area (Å²) in [7, 11) is 0. The molecule has 0 unspecified atom stereocenters. The molecule has 3 N–H and O–H groups in total. The fourth-order valence-corrected chi connectivity index (χ4v) is 2.49. The molecular formula is C14H21NO. The predicted octanol–water partition coefficient (Wildman–Crippen LogP) is 2.81. The number of rotatable bonds is 3. The van der Waals surface area contributed by atoms with Crippen LogP contribution in [-0.4, -0.2) is 11.7 Å². The third kappa shape index (κ3) is 1.71. The molecule has 0 aromatic heterocycles. The molecule has 1 fully saturated rings. The number of aromatic hydroxyl groups is 1. The fourth-order valence-electron chi connectivity index (χ4n) is 2.49. The third-order valence-corrected chi connectivity index (χ3v) is 3.82. The summed E-state index contributed by atoms with van der Waals surface area (Å²) in [6, 6.07) is 4.05. The lowest BCUT2D eigenvalue weighted by atomic mass is 9.88. The van der Waals surface area contributed by atoms with E-state index in [0.29, 0.717) is 18.2 Å². The smallest absolute Gasteiger partial charge is 0.119 e. The van der Waals surface area contributed by atoms with Gasteiger partial charge in [0.2, 0.25) is 0 Å². The second-order valence-electron chi connectivity index (χ2n) is 5.37. The summed E-state index contributed by atoms with van der Waals surface area (Å²) in [5.74, 6) is 0.915. The molecule has 1 aromatic rings. The molecule has 0 heterocycles. The summed E-state index contributed by atoms with van der Waals surface area (Å²) in [4.78, 5) is 0. The van der Waals surface area contributed by atoms with Crippen LogP contribution < -0.4 is 5.73 Å². The Kier molecular flexibility index (Phi) is 2.70. The van der Waals surface area contributed by atoms with Crippen molar-refractivity contribution in [2.24, 2.45) is 5.73 Å².